The summed E-state index contributed by atoms with van der Waals surface area (Å²) in [5, 5.41) is 8.82. The summed E-state index contributed by atoms with van der Waals surface area (Å²) in [5.74, 6) is -1.18. The first-order valence-electron chi connectivity index (χ1n) is 3.81. The van der Waals surface area contributed by atoms with Gasteiger partial charge in [0, 0.05) is 12.4 Å². The van der Waals surface area contributed by atoms with Crippen LogP contribution in [0.15, 0.2) is 24.5 Å². The van der Waals surface area contributed by atoms with Crippen molar-refractivity contribution in [3.63, 3.8) is 0 Å². The maximum absolute atomic E-state index is 12.6. The lowest BCUT2D eigenvalue weighted by Crippen LogP contribution is -2.34. The molecule has 0 aliphatic rings. The van der Waals surface area contributed by atoms with Gasteiger partial charge in [-0.15, -0.1) is 0 Å². The van der Waals surface area contributed by atoms with E-state index in [1.807, 2.05) is 0 Å². The lowest BCUT2D eigenvalue weighted by atomic mass is 9.85. The first-order valence-corrected chi connectivity index (χ1v) is 3.81. The maximum atomic E-state index is 12.6. The zero-order valence-corrected chi connectivity index (χ0v) is 7.20. The van der Waals surface area contributed by atoms with E-state index in [-0.39, 0.29) is 0 Å². The smallest absolute Gasteiger partial charge is 0.316 e. The van der Waals surface area contributed by atoms with Crippen LogP contribution >= 0.6 is 0 Å². The van der Waals surface area contributed by atoms with E-state index >= 15 is 0 Å². The van der Waals surface area contributed by atoms with Crippen LogP contribution in [0.2, 0.25) is 0 Å². The number of rotatable bonds is 3. The van der Waals surface area contributed by atoms with Gasteiger partial charge in [-0.2, -0.15) is 0 Å². The maximum Gasteiger partial charge on any atom is 0.316 e. The van der Waals surface area contributed by atoms with Gasteiger partial charge in [0.15, 0.2) is 0 Å². The van der Waals surface area contributed by atoms with Gasteiger partial charge >= 0.3 is 5.97 Å². The first kappa shape index (κ1) is 9.64. The number of halogens is 1. The Balaban J connectivity index is 3.11. The van der Waals surface area contributed by atoms with Crippen molar-refractivity contribution in [3.8, 4) is 0 Å². The molecule has 1 aromatic heterocycles. The molecule has 4 heteroatoms. The van der Waals surface area contributed by atoms with Crippen LogP contribution in [0.4, 0.5) is 4.39 Å². The molecule has 3 nitrogen and oxygen atoms in total. The van der Waals surface area contributed by atoms with Crippen molar-refractivity contribution in [3.05, 3.63) is 30.1 Å². The van der Waals surface area contributed by atoms with E-state index in [2.05, 4.69) is 4.98 Å². The van der Waals surface area contributed by atoms with Gasteiger partial charge in [0.25, 0.3) is 0 Å². The minimum atomic E-state index is -1.48. The largest absolute Gasteiger partial charge is 0.481 e. The topological polar surface area (TPSA) is 50.2 Å². The average Bonchev–Trinajstić information content (AvgIpc) is 2.17. The van der Waals surface area contributed by atoms with Crippen molar-refractivity contribution in [2.24, 2.45) is 0 Å². The number of alkyl halides is 1. The number of pyridine rings is 1. The fraction of sp³-hybridized carbons (Fsp3) is 0.333. The minimum Gasteiger partial charge on any atom is -0.481 e. The second-order valence-electron chi connectivity index (χ2n) is 3.01. The molecule has 1 aromatic rings. The Morgan fingerprint density at radius 1 is 1.77 bits per heavy atom. The summed E-state index contributed by atoms with van der Waals surface area (Å²) >= 11 is 0. The highest BCUT2D eigenvalue weighted by Gasteiger charge is 2.35. The van der Waals surface area contributed by atoms with Gasteiger partial charge in [-0.25, -0.2) is 4.39 Å². The number of hydrogen-bond acceptors (Lipinski definition) is 2. The van der Waals surface area contributed by atoms with Gasteiger partial charge < -0.3 is 5.11 Å². The predicted octanol–water partition coefficient (Wildman–Crippen LogP) is 1.39. The molecule has 1 N–H and O–H groups in total. The third kappa shape index (κ3) is 1.66. The summed E-state index contributed by atoms with van der Waals surface area (Å²) in [6.45, 7) is 0.403. The molecule has 0 saturated heterocycles. The summed E-state index contributed by atoms with van der Waals surface area (Å²) in [5.41, 5.74) is -1.10. The van der Waals surface area contributed by atoms with Gasteiger partial charge in [-0.3, -0.25) is 9.78 Å². The number of aliphatic carboxylic acids is 1. The van der Waals surface area contributed by atoms with Crippen LogP contribution in [-0.2, 0) is 10.2 Å². The molecule has 70 valence electrons. The van der Waals surface area contributed by atoms with Gasteiger partial charge in [0.1, 0.15) is 12.1 Å². The van der Waals surface area contributed by atoms with E-state index in [0.29, 0.717) is 5.56 Å². The van der Waals surface area contributed by atoms with Crippen LogP contribution in [0.25, 0.3) is 0 Å². The van der Waals surface area contributed by atoms with Crippen LogP contribution in [0.3, 0.4) is 0 Å². The lowest BCUT2D eigenvalue weighted by molar-refractivity contribution is -0.143. The Hall–Kier alpha value is -1.45. The molecule has 1 atom stereocenters. The van der Waals surface area contributed by atoms with E-state index in [0.717, 1.165) is 0 Å². The number of nitrogens with zero attached hydrogens (tertiary/aromatic N) is 1. The molecular formula is C9H10FNO2. The lowest BCUT2D eigenvalue weighted by Gasteiger charge is -2.20. The van der Waals surface area contributed by atoms with Gasteiger partial charge in [0.2, 0.25) is 0 Å². The van der Waals surface area contributed by atoms with Crippen LogP contribution in [0.1, 0.15) is 12.5 Å². The highest BCUT2D eigenvalue weighted by molar-refractivity contribution is 5.80. The summed E-state index contributed by atoms with van der Waals surface area (Å²) < 4.78 is 12.6. The second kappa shape index (κ2) is 3.51. The van der Waals surface area contributed by atoms with E-state index in [1.165, 1.54) is 19.3 Å². The number of carbonyl (C=O) groups is 1. The number of aromatic nitrogens is 1. The Morgan fingerprint density at radius 3 is 2.85 bits per heavy atom. The van der Waals surface area contributed by atoms with Crippen molar-refractivity contribution in [2.45, 2.75) is 12.3 Å². The average molecular weight is 183 g/mol. The summed E-state index contributed by atoms with van der Waals surface area (Å²) in [7, 11) is 0. The zero-order chi connectivity index (χ0) is 9.90. The van der Waals surface area contributed by atoms with E-state index in [9.17, 15) is 9.18 Å². The van der Waals surface area contributed by atoms with Crippen LogP contribution in [0, 0.1) is 0 Å². The van der Waals surface area contributed by atoms with E-state index in [1.54, 1.807) is 12.1 Å². The zero-order valence-electron chi connectivity index (χ0n) is 7.20. The summed E-state index contributed by atoms with van der Waals surface area (Å²) in [4.78, 5) is 14.5. The fourth-order valence-corrected chi connectivity index (χ4v) is 0.947. The van der Waals surface area contributed by atoms with Crippen molar-refractivity contribution in [2.75, 3.05) is 6.67 Å². The number of carboxylic acids is 1. The van der Waals surface area contributed by atoms with Crippen LogP contribution < -0.4 is 0 Å². The van der Waals surface area contributed by atoms with Crippen molar-refractivity contribution >= 4 is 5.97 Å². The standard InChI is InChI=1S/C9H10FNO2/c1-9(6-10,8(12)13)7-3-2-4-11-5-7/h2-5H,6H2,1H3,(H,12,13). The molecule has 0 aliphatic heterocycles. The number of hydrogen-bond donors (Lipinski definition) is 1. The molecule has 0 radical (unpaired) electrons. The molecule has 0 saturated carbocycles. The summed E-state index contributed by atoms with van der Waals surface area (Å²) in [6, 6.07) is 3.15. The molecule has 0 spiro atoms. The molecule has 1 unspecified atom stereocenters. The molecule has 0 bridgehead atoms. The Morgan fingerprint density at radius 2 is 2.46 bits per heavy atom. The monoisotopic (exact) mass is 183 g/mol. The first-order chi connectivity index (χ1) is 6.11. The Kier molecular flexibility index (Phi) is 2.60. The Bertz CT molecular complexity index is 302. The van der Waals surface area contributed by atoms with Crippen molar-refractivity contribution < 1.29 is 14.3 Å². The highest BCUT2D eigenvalue weighted by Crippen LogP contribution is 2.23. The van der Waals surface area contributed by atoms with Crippen molar-refractivity contribution in [1.82, 2.24) is 4.98 Å². The van der Waals surface area contributed by atoms with Gasteiger partial charge in [-0.05, 0) is 18.6 Å². The number of carboxylic acid groups (broad SMARTS) is 1. The highest BCUT2D eigenvalue weighted by atomic mass is 19.1. The Labute approximate surface area is 75.2 Å². The molecule has 1 rings (SSSR count). The summed E-state index contributed by atoms with van der Waals surface area (Å²) in [6.07, 6.45) is 2.89. The molecule has 0 aliphatic carbocycles. The molecule has 1 heterocycles. The molecule has 0 amide bonds. The predicted molar refractivity (Wildman–Crippen MR) is 45.2 cm³/mol. The fourth-order valence-electron chi connectivity index (χ4n) is 0.947. The van der Waals surface area contributed by atoms with Gasteiger partial charge in [-0.1, -0.05) is 6.07 Å². The van der Waals surface area contributed by atoms with Gasteiger partial charge in [0.05, 0.1) is 0 Å². The molecule has 13 heavy (non-hydrogen) atoms. The SMILES string of the molecule is CC(CF)(C(=O)O)c1cccnc1. The third-order valence-corrected chi connectivity index (χ3v) is 2.04. The van der Waals surface area contributed by atoms with Crippen molar-refractivity contribution in [1.29, 1.82) is 0 Å². The quantitative estimate of drug-likeness (QED) is 0.770. The van der Waals surface area contributed by atoms with E-state index < -0.39 is 18.1 Å². The minimum absolute atomic E-state index is 0.380. The third-order valence-electron chi connectivity index (χ3n) is 2.04. The van der Waals surface area contributed by atoms with Crippen LogP contribution in [0.5, 0.6) is 0 Å². The molecule has 0 aromatic carbocycles. The molecule has 0 fully saturated rings. The van der Waals surface area contributed by atoms with Crippen LogP contribution in [-0.4, -0.2) is 22.7 Å². The molecular weight excluding hydrogens is 173 g/mol. The van der Waals surface area contributed by atoms with E-state index in [4.69, 9.17) is 5.11 Å². The second-order valence-corrected chi connectivity index (χ2v) is 3.01. The normalized spacial score (nSPS) is 14.9.